The van der Waals surface area contributed by atoms with Gasteiger partial charge < -0.3 is 0 Å². The smallest absolute Gasteiger partial charge is 0.245 e. The summed E-state index contributed by atoms with van der Waals surface area (Å²) in [6.45, 7) is 0. The van der Waals surface area contributed by atoms with Crippen molar-refractivity contribution in [1.29, 1.82) is 0 Å². The Morgan fingerprint density at radius 1 is 0.857 bits per heavy atom. The molecule has 5 rings (SSSR count). The zero-order chi connectivity index (χ0) is 14.7. The molecule has 0 radical (unpaired) electrons. The lowest BCUT2D eigenvalue weighted by atomic mass is 9.96. The van der Waals surface area contributed by atoms with Gasteiger partial charge >= 0.3 is 11.4 Å². The summed E-state index contributed by atoms with van der Waals surface area (Å²) in [5.74, 6) is 0. The molecule has 0 saturated carbocycles. The molecule has 0 N–H and O–H groups in total. The first-order valence-corrected chi connectivity index (χ1v) is 7.43. The third-order valence-electron chi connectivity index (χ3n) is 4.05. The Morgan fingerprint density at radius 2 is 1.33 bits per heavy atom. The molecule has 0 fully saturated rings. The van der Waals surface area contributed by atoms with Crippen molar-refractivity contribution in [2.24, 2.45) is 0 Å². The molecule has 0 saturated heterocycles. The van der Waals surface area contributed by atoms with Gasteiger partial charge in [0, 0.05) is 10.0 Å². The SMILES string of the molecule is O=c1n(-c2cc(Cl)cc(Cl)c2)c(=O)n2n1C1C=CC2CC1. The summed E-state index contributed by atoms with van der Waals surface area (Å²) >= 11 is 11.9. The molecule has 21 heavy (non-hydrogen) atoms. The van der Waals surface area contributed by atoms with E-state index in [0.29, 0.717) is 15.7 Å². The topological polar surface area (TPSA) is 48.9 Å². The van der Waals surface area contributed by atoms with Gasteiger partial charge in [-0.05, 0) is 31.0 Å². The maximum atomic E-state index is 12.6. The van der Waals surface area contributed by atoms with Gasteiger partial charge in [-0.25, -0.2) is 23.5 Å². The van der Waals surface area contributed by atoms with Gasteiger partial charge in [0.1, 0.15) is 0 Å². The number of nitrogens with zero attached hydrogens (tertiary/aromatic N) is 3. The van der Waals surface area contributed by atoms with E-state index in [1.54, 1.807) is 18.2 Å². The minimum absolute atomic E-state index is 0.0499. The van der Waals surface area contributed by atoms with Crippen molar-refractivity contribution in [3.05, 3.63) is 61.4 Å². The first-order valence-electron chi connectivity index (χ1n) is 6.67. The van der Waals surface area contributed by atoms with Gasteiger partial charge in [0.25, 0.3) is 0 Å². The maximum absolute atomic E-state index is 12.6. The predicted octanol–water partition coefficient (Wildman–Crippen LogP) is 2.55. The highest BCUT2D eigenvalue weighted by atomic mass is 35.5. The van der Waals surface area contributed by atoms with Crippen LogP contribution in [0.4, 0.5) is 0 Å². The lowest BCUT2D eigenvalue weighted by Gasteiger charge is -2.32. The summed E-state index contributed by atoms with van der Waals surface area (Å²) in [5, 5.41) is 0.776. The van der Waals surface area contributed by atoms with E-state index in [0.717, 1.165) is 17.4 Å². The van der Waals surface area contributed by atoms with Crippen LogP contribution in [-0.4, -0.2) is 13.9 Å². The van der Waals surface area contributed by atoms with E-state index in [9.17, 15) is 9.59 Å². The molecule has 108 valence electrons. The van der Waals surface area contributed by atoms with E-state index in [1.165, 1.54) is 9.36 Å². The van der Waals surface area contributed by atoms with Crippen LogP contribution in [-0.2, 0) is 0 Å². The van der Waals surface area contributed by atoms with E-state index in [2.05, 4.69) is 0 Å². The Balaban J connectivity index is 2.03. The zero-order valence-electron chi connectivity index (χ0n) is 10.9. The minimum Gasteiger partial charge on any atom is -0.245 e. The first-order chi connectivity index (χ1) is 10.1. The average molecular weight is 324 g/mol. The molecule has 0 amide bonds. The molecule has 2 aliphatic heterocycles. The van der Waals surface area contributed by atoms with Crippen molar-refractivity contribution in [3.8, 4) is 5.69 Å². The lowest BCUT2D eigenvalue weighted by Crippen LogP contribution is -2.39. The highest BCUT2D eigenvalue weighted by molar-refractivity contribution is 6.34. The van der Waals surface area contributed by atoms with Gasteiger partial charge in [-0.3, -0.25) is 0 Å². The van der Waals surface area contributed by atoms with E-state index in [-0.39, 0.29) is 23.5 Å². The fourth-order valence-corrected chi connectivity index (χ4v) is 3.68. The van der Waals surface area contributed by atoms with Crippen LogP contribution in [0.5, 0.6) is 0 Å². The second kappa shape index (κ2) is 4.39. The van der Waals surface area contributed by atoms with Gasteiger partial charge in [0.2, 0.25) is 0 Å². The quantitative estimate of drug-likeness (QED) is 0.757. The summed E-state index contributed by atoms with van der Waals surface area (Å²) in [6, 6.07) is 4.60. The Labute approximate surface area is 129 Å². The van der Waals surface area contributed by atoms with Crippen LogP contribution in [0.3, 0.4) is 0 Å². The molecule has 2 aromatic rings. The molecule has 3 aliphatic rings. The second-order valence-corrected chi connectivity index (χ2v) is 6.19. The van der Waals surface area contributed by atoms with E-state index in [4.69, 9.17) is 23.2 Å². The summed E-state index contributed by atoms with van der Waals surface area (Å²) < 4.78 is 4.20. The van der Waals surface area contributed by atoms with E-state index in [1.807, 2.05) is 12.2 Å². The number of benzene rings is 1. The van der Waals surface area contributed by atoms with E-state index < -0.39 is 0 Å². The van der Waals surface area contributed by atoms with Crippen LogP contribution in [0, 0.1) is 0 Å². The highest BCUT2D eigenvalue weighted by Crippen LogP contribution is 2.33. The summed E-state index contributed by atoms with van der Waals surface area (Å²) in [4.78, 5) is 25.3. The van der Waals surface area contributed by atoms with Crippen molar-refractivity contribution >= 4 is 23.2 Å². The average Bonchev–Trinajstić information content (AvgIpc) is 2.73. The molecule has 1 aliphatic carbocycles. The number of rotatable bonds is 1. The van der Waals surface area contributed by atoms with Crippen LogP contribution in [0.2, 0.25) is 10.0 Å². The number of hydrogen-bond acceptors (Lipinski definition) is 2. The van der Waals surface area contributed by atoms with Gasteiger partial charge in [-0.2, -0.15) is 0 Å². The summed E-state index contributed by atoms with van der Waals surface area (Å²) in [7, 11) is 0. The molecular weight excluding hydrogens is 313 g/mol. The first kappa shape index (κ1) is 13.0. The molecule has 2 unspecified atom stereocenters. The van der Waals surface area contributed by atoms with Crippen LogP contribution in [0.15, 0.2) is 39.9 Å². The number of halogens is 2. The molecule has 0 spiro atoms. The van der Waals surface area contributed by atoms with Gasteiger partial charge in [0.05, 0.1) is 17.8 Å². The van der Waals surface area contributed by atoms with Crippen molar-refractivity contribution in [2.75, 3.05) is 0 Å². The van der Waals surface area contributed by atoms with Crippen molar-refractivity contribution in [3.63, 3.8) is 0 Å². The molecule has 3 heterocycles. The third-order valence-corrected chi connectivity index (χ3v) is 4.49. The van der Waals surface area contributed by atoms with Crippen molar-refractivity contribution < 1.29 is 0 Å². The fourth-order valence-electron chi connectivity index (χ4n) is 3.16. The Morgan fingerprint density at radius 3 is 1.76 bits per heavy atom. The predicted molar refractivity (Wildman–Crippen MR) is 80.8 cm³/mol. The van der Waals surface area contributed by atoms with E-state index >= 15 is 0 Å². The molecule has 7 heteroatoms. The summed E-state index contributed by atoms with van der Waals surface area (Å²) in [6.07, 6.45) is 5.73. The Kier molecular flexibility index (Phi) is 2.71. The molecule has 1 aromatic carbocycles. The van der Waals surface area contributed by atoms with Crippen LogP contribution in [0.25, 0.3) is 5.69 Å². The third kappa shape index (κ3) is 1.77. The van der Waals surface area contributed by atoms with Crippen LogP contribution >= 0.6 is 23.2 Å². The Bertz CT molecular complexity index is 825. The largest absolute Gasteiger partial charge is 0.352 e. The molecule has 2 atom stereocenters. The standard InChI is InChI=1S/C14H11Cl2N3O2/c15-8-5-9(16)7-12(6-8)17-13(20)18-10-1-2-11(4-3-10)19(18)14(17)21/h1-2,5-7,10-11H,3-4H2. The maximum Gasteiger partial charge on any atom is 0.352 e. The van der Waals surface area contributed by atoms with Gasteiger partial charge in [-0.1, -0.05) is 35.4 Å². The molecular formula is C14H11Cl2N3O2. The molecule has 5 nitrogen and oxygen atoms in total. The Hall–Kier alpha value is -1.72. The lowest BCUT2D eigenvalue weighted by molar-refractivity contribution is 0.257. The van der Waals surface area contributed by atoms with Crippen molar-refractivity contribution in [2.45, 2.75) is 24.9 Å². The monoisotopic (exact) mass is 323 g/mol. The summed E-state index contributed by atoms with van der Waals surface area (Å²) in [5.41, 5.74) is -0.300. The number of aromatic nitrogens is 3. The number of allylic oxidation sites excluding steroid dienone is 2. The fraction of sp³-hybridized carbons (Fsp3) is 0.286. The number of hydrogen-bond donors (Lipinski definition) is 0. The number of fused-ring (bicyclic) bond motifs is 1. The zero-order valence-corrected chi connectivity index (χ0v) is 12.4. The van der Waals surface area contributed by atoms with Gasteiger partial charge in [-0.15, -0.1) is 0 Å². The molecule has 1 aromatic heterocycles. The molecule has 2 bridgehead atoms. The minimum atomic E-state index is -0.350. The van der Waals surface area contributed by atoms with Crippen LogP contribution in [0.1, 0.15) is 24.9 Å². The second-order valence-electron chi connectivity index (χ2n) is 5.31. The normalized spacial score (nSPS) is 22.6. The van der Waals surface area contributed by atoms with Crippen LogP contribution < -0.4 is 11.4 Å². The highest BCUT2D eigenvalue weighted by Gasteiger charge is 2.33. The van der Waals surface area contributed by atoms with Gasteiger partial charge in [0.15, 0.2) is 0 Å². The van der Waals surface area contributed by atoms with Crippen molar-refractivity contribution in [1.82, 2.24) is 13.9 Å².